The molecule has 88 valence electrons. The van der Waals surface area contributed by atoms with Crippen LogP contribution < -0.4 is 16.6 Å². The molecule has 1 fully saturated rings. The number of nitrogens with one attached hydrogen (secondary N) is 2. The minimum atomic E-state index is 0.714. The molecule has 5 heteroatoms. The molecule has 0 spiro atoms. The first-order valence-electron chi connectivity index (χ1n) is 5.89. The van der Waals surface area contributed by atoms with E-state index in [1.165, 1.54) is 25.6 Å². The van der Waals surface area contributed by atoms with Gasteiger partial charge in [0.2, 0.25) is 0 Å². The lowest BCUT2D eigenvalue weighted by Gasteiger charge is -2.12. The molecule has 0 aromatic carbocycles. The third-order valence-corrected chi connectivity index (χ3v) is 2.98. The van der Waals surface area contributed by atoms with Crippen LogP contribution in [-0.2, 0) is 6.42 Å². The van der Waals surface area contributed by atoms with Crippen molar-refractivity contribution in [1.82, 2.24) is 9.97 Å². The topological polar surface area (TPSA) is 75.9 Å². The Labute approximate surface area is 95.8 Å². The Morgan fingerprint density at radius 1 is 1.38 bits per heavy atom. The highest BCUT2D eigenvalue weighted by Gasteiger charge is 2.20. The summed E-state index contributed by atoms with van der Waals surface area (Å²) in [6.45, 7) is 3.06. The summed E-state index contributed by atoms with van der Waals surface area (Å²) in [5.74, 6) is 7.97. The molecular weight excluding hydrogens is 202 g/mol. The maximum atomic E-state index is 5.41. The van der Waals surface area contributed by atoms with Crippen LogP contribution in [0.3, 0.4) is 0 Å². The number of hydrazine groups is 1. The smallest absolute Gasteiger partial charge is 0.148 e. The van der Waals surface area contributed by atoms with Crippen LogP contribution in [0.2, 0.25) is 0 Å². The Kier molecular flexibility index (Phi) is 3.56. The first-order valence-corrected chi connectivity index (χ1v) is 5.89. The van der Waals surface area contributed by atoms with Gasteiger partial charge in [-0.05, 0) is 18.8 Å². The molecule has 1 aliphatic carbocycles. The third-order valence-electron chi connectivity index (χ3n) is 2.98. The highest BCUT2D eigenvalue weighted by atomic mass is 15.3. The van der Waals surface area contributed by atoms with E-state index in [1.54, 1.807) is 0 Å². The molecule has 1 aliphatic rings. The Morgan fingerprint density at radius 2 is 2.12 bits per heavy atom. The number of rotatable bonds is 6. The Balaban J connectivity index is 1.99. The summed E-state index contributed by atoms with van der Waals surface area (Å²) in [5, 5.41) is 3.36. The van der Waals surface area contributed by atoms with Gasteiger partial charge in [-0.1, -0.05) is 19.8 Å². The van der Waals surface area contributed by atoms with Crippen LogP contribution >= 0.6 is 0 Å². The van der Waals surface area contributed by atoms with Gasteiger partial charge < -0.3 is 10.7 Å². The zero-order chi connectivity index (χ0) is 11.4. The third kappa shape index (κ3) is 2.61. The van der Waals surface area contributed by atoms with E-state index in [-0.39, 0.29) is 0 Å². The average Bonchev–Trinajstić information content (AvgIpc) is 3.12. The van der Waals surface area contributed by atoms with Crippen molar-refractivity contribution in [2.24, 2.45) is 11.8 Å². The Bertz CT molecular complexity index is 348. The van der Waals surface area contributed by atoms with Crippen molar-refractivity contribution in [2.45, 2.75) is 32.6 Å². The number of nitrogens with zero attached hydrogens (tertiary/aromatic N) is 2. The van der Waals surface area contributed by atoms with Gasteiger partial charge in [0.1, 0.15) is 18.0 Å². The van der Waals surface area contributed by atoms with Crippen LogP contribution in [0.25, 0.3) is 0 Å². The van der Waals surface area contributed by atoms with Gasteiger partial charge in [0.25, 0.3) is 0 Å². The lowest BCUT2D eigenvalue weighted by Crippen LogP contribution is -2.14. The normalized spacial score (nSPS) is 14.9. The van der Waals surface area contributed by atoms with E-state index in [4.69, 9.17) is 5.84 Å². The van der Waals surface area contributed by atoms with Gasteiger partial charge in [0.05, 0.1) is 0 Å². The minimum absolute atomic E-state index is 0.714. The predicted octanol–water partition coefficient (Wildman–Crippen LogP) is 1.54. The van der Waals surface area contributed by atoms with Gasteiger partial charge in [-0.3, -0.25) is 0 Å². The van der Waals surface area contributed by atoms with Crippen LogP contribution in [0.5, 0.6) is 0 Å². The molecule has 0 radical (unpaired) electrons. The molecule has 1 aromatic rings. The molecule has 1 saturated carbocycles. The zero-order valence-corrected chi connectivity index (χ0v) is 9.66. The molecule has 0 unspecified atom stereocenters. The van der Waals surface area contributed by atoms with Gasteiger partial charge in [0, 0.05) is 12.1 Å². The number of hydrogen-bond acceptors (Lipinski definition) is 5. The fraction of sp³-hybridized carbons (Fsp3) is 0.636. The first-order chi connectivity index (χ1) is 7.85. The van der Waals surface area contributed by atoms with Crippen molar-refractivity contribution in [3.63, 3.8) is 0 Å². The molecule has 1 heterocycles. The van der Waals surface area contributed by atoms with E-state index in [1.807, 2.05) is 0 Å². The maximum Gasteiger partial charge on any atom is 0.148 e. The summed E-state index contributed by atoms with van der Waals surface area (Å²) in [4.78, 5) is 8.35. The van der Waals surface area contributed by atoms with Crippen LogP contribution in [0.4, 0.5) is 11.6 Å². The predicted molar refractivity (Wildman–Crippen MR) is 65.1 cm³/mol. The number of anilines is 2. The van der Waals surface area contributed by atoms with E-state index in [2.05, 4.69) is 27.6 Å². The molecule has 5 nitrogen and oxygen atoms in total. The van der Waals surface area contributed by atoms with Gasteiger partial charge in [-0.25, -0.2) is 15.8 Å². The van der Waals surface area contributed by atoms with E-state index >= 15 is 0 Å². The van der Waals surface area contributed by atoms with Crippen LogP contribution in [0.15, 0.2) is 6.33 Å². The van der Waals surface area contributed by atoms with E-state index < -0.39 is 0 Å². The summed E-state index contributed by atoms with van der Waals surface area (Å²) in [5.41, 5.74) is 3.66. The van der Waals surface area contributed by atoms with Crippen molar-refractivity contribution >= 4 is 11.6 Å². The highest BCUT2D eigenvalue weighted by Crippen LogP contribution is 2.32. The molecular formula is C11H19N5. The molecule has 16 heavy (non-hydrogen) atoms. The minimum Gasteiger partial charge on any atom is -0.370 e. The number of nitrogen functional groups attached to an aromatic ring is 1. The number of hydrogen-bond donors (Lipinski definition) is 3. The fourth-order valence-corrected chi connectivity index (χ4v) is 1.83. The molecule has 2 rings (SSSR count). The van der Waals surface area contributed by atoms with Gasteiger partial charge in [-0.2, -0.15) is 0 Å². The summed E-state index contributed by atoms with van der Waals surface area (Å²) < 4.78 is 0. The van der Waals surface area contributed by atoms with Crippen molar-refractivity contribution < 1.29 is 0 Å². The summed E-state index contributed by atoms with van der Waals surface area (Å²) in [6, 6.07) is 0. The van der Waals surface area contributed by atoms with E-state index in [0.717, 1.165) is 30.3 Å². The average molecular weight is 221 g/mol. The lowest BCUT2D eigenvalue weighted by molar-refractivity contribution is 0.757. The molecule has 0 amide bonds. The van der Waals surface area contributed by atoms with Crippen molar-refractivity contribution in [3.05, 3.63) is 11.9 Å². The SMILES string of the molecule is CCc1c(NN)ncnc1NCCC1CC1. The molecule has 0 aliphatic heterocycles. The molecule has 0 atom stereocenters. The largest absolute Gasteiger partial charge is 0.370 e. The van der Waals surface area contributed by atoms with Crippen molar-refractivity contribution in [2.75, 3.05) is 17.3 Å². The maximum absolute atomic E-state index is 5.41. The zero-order valence-electron chi connectivity index (χ0n) is 9.66. The monoisotopic (exact) mass is 221 g/mol. The van der Waals surface area contributed by atoms with Crippen LogP contribution in [-0.4, -0.2) is 16.5 Å². The van der Waals surface area contributed by atoms with Crippen molar-refractivity contribution in [1.29, 1.82) is 0 Å². The van der Waals surface area contributed by atoms with Crippen molar-refractivity contribution in [3.8, 4) is 0 Å². The fourth-order valence-electron chi connectivity index (χ4n) is 1.83. The first kappa shape index (κ1) is 11.1. The highest BCUT2D eigenvalue weighted by molar-refractivity contribution is 5.56. The van der Waals surface area contributed by atoms with Gasteiger partial charge in [0.15, 0.2) is 0 Å². The summed E-state index contributed by atoms with van der Waals surface area (Å²) in [6.07, 6.45) is 6.42. The molecule has 0 saturated heterocycles. The summed E-state index contributed by atoms with van der Waals surface area (Å²) in [7, 11) is 0. The number of nitrogens with two attached hydrogens (primary N) is 1. The second kappa shape index (κ2) is 5.12. The van der Waals surface area contributed by atoms with E-state index in [9.17, 15) is 0 Å². The van der Waals surface area contributed by atoms with Crippen LogP contribution in [0, 0.1) is 5.92 Å². The Morgan fingerprint density at radius 3 is 2.75 bits per heavy atom. The standard InChI is InChI=1S/C11H19N5/c1-2-9-10(13-6-5-8-3-4-8)14-7-15-11(9)16-12/h7-8H,2-6,12H2,1H3,(H2,13,14,15,16). The van der Waals surface area contributed by atoms with E-state index in [0.29, 0.717) is 5.82 Å². The van der Waals surface area contributed by atoms with Gasteiger partial charge in [-0.15, -0.1) is 0 Å². The second-order valence-corrected chi connectivity index (χ2v) is 4.21. The second-order valence-electron chi connectivity index (χ2n) is 4.21. The Hall–Kier alpha value is -1.36. The molecule has 4 N–H and O–H groups in total. The number of aromatic nitrogens is 2. The summed E-state index contributed by atoms with van der Waals surface area (Å²) >= 11 is 0. The molecule has 0 bridgehead atoms. The lowest BCUT2D eigenvalue weighted by atomic mass is 10.2. The molecule has 1 aromatic heterocycles. The van der Waals surface area contributed by atoms with Gasteiger partial charge >= 0.3 is 0 Å². The van der Waals surface area contributed by atoms with Crippen LogP contribution in [0.1, 0.15) is 31.7 Å². The quantitative estimate of drug-likeness (QED) is 0.502.